The monoisotopic (exact) mass is 729 g/mol. The number of ether oxygens (including phenoxy) is 6. The molecule has 3 aromatic rings. The van der Waals surface area contributed by atoms with Gasteiger partial charge in [-0.3, -0.25) is 19.2 Å². The minimum atomic E-state index is -2.10. The van der Waals surface area contributed by atoms with Gasteiger partial charge in [0, 0.05) is 41.7 Å². The summed E-state index contributed by atoms with van der Waals surface area (Å²) in [6, 6.07) is 4.49. The molecule has 2 aliphatic rings. The number of fused-ring (bicyclic) bond motifs is 1. The molecule has 14 nitrogen and oxygen atoms in total. The number of aryl methyl sites for hydroxylation is 1. The van der Waals surface area contributed by atoms with Gasteiger partial charge in [-0.25, -0.2) is 4.98 Å². The minimum Gasteiger partial charge on any atom is -0.507 e. The van der Waals surface area contributed by atoms with Gasteiger partial charge in [0.1, 0.15) is 22.1 Å². The summed E-state index contributed by atoms with van der Waals surface area (Å²) in [5.74, 6) is -4.32. The van der Waals surface area contributed by atoms with Crippen LogP contribution in [0.25, 0.3) is 0 Å². The molecule has 0 saturated heterocycles. The molecule has 5 rings (SSSR count). The number of anilines is 1. The summed E-state index contributed by atoms with van der Waals surface area (Å²) in [4.78, 5) is 58.7. The van der Waals surface area contributed by atoms with Crippen LogP contribution in [0.15, 0.2) is 34.9 Å². The van der Waals surface area contributed by atoms with E-state index in [1.165, 1.54) is 65.1 Å². The van der Waals surface area contributed by atoms with E-state index in [1.54, 1.807) is 19.2 Å². The predicted octanol–water partition coefficient (Wildman–Crippen LogP) is 4.81. The highest BCUT2D eigenvalue weighted by atomic mass is 35.5. The first kappa shape index (κ1) is 36.3. The highest BCUT2D eigenvalue weighted by molar-refractivity contribution is 7.13. The fourth-order valence-electron chi connectivity index (χ4n) is 6.24. The van der Waals surface area contributed by atoms with E-state index >= 15 is 0 Å². The second-order valence-electron chi connectivity index (χ2n) is 11.6. The van der Waals surface area contributed by atoms with E-state index in [2.05, 4.69) is 15.6 Å². The number of hydrogen-bond acceptors (Lipinski definition) is 13. The van der Waals surface area contributed by atoms with Crippen LogP contribution in [0.4, 0.5) is 5.13 Å². The Morgan fingerprint density at radius 3 is 2.22 bits per heavy atom. The Labute approximate surface area is 296 Å². The summed E-state index contributed by atoms with van der Waals surface area (Å²) >= 11 is 7.83. The predicted molar refractivity (Wildman–Crippen MR) is 183 cm³/mol. The van der Waals surface area contributed by atoms with Gasteiger partial charge >= 0.3 is 0 Å². The number of rotatable bonds is 12. The van der Waals surface area contributed by atoms with Crippen LogP contribution in [0, 0.1) is 12.8 Å². The number of amides is 2. The maximum Gasteiger partial charge on any atom is 0.245 e. The van der Waals surface area contributed by atoms with Crippen molar-refractivity contribution in [3.63, 3.8) is 0 Å². The van der Waals surface area contributed by atoms with Crippen LogP contribution >= 0.6 is 22.9 Å². The third-order valence-electron chi connectivity index (χ3n) is 8.65. The molecule has 266 valence electrons. The largest absolute Gasteiger partial charge is 0.507 e. The molecular weight excluding hydrogens is 694 g/mol. The third-order valence-corrected chi connectivity index (χ3v) is 9.88. The molecule has 50 heavy (non-hydrogen) atoms. The molecule has 1 spiro atoms. The van der Waals surface area contributed by atoms with Crippen LogP contribution in [-0.2, 0) is 14.4 Å². The van der Waals surface area contributed by atoms with Gasteiger partial charge in [0.25, 0.3) is 0 Å². The number of aliphatic hydroxyl groups excluding tert-OH is 1. The second-order valence-corrected chi connectivity index (χ2v) is 12.8. The quantitative estimate of drug-likeness (QED) is 0.232. The van der Waals surface area contributed by atoms with E-state index in [-0.39, 0.29) is 57.1 Å². The lowest BCUT2D eigenvalue weighted by Crippen LogP contribution is -2.53. The highest BCUT2D eigenvalue weighted by Crippen LogP contribution is 2.56. The average Bonchev–Trinajstić information content (AvgIpc) is 3.66. The fraction of sp³-hybridized carbons (Fsp3) is 0.382. The zero-order valence-corrected chi connectivity index (χ0v) is 29.9. The molecule has 1 aliphatic carbocycles. The lowest BCUT2D eigenvalue weighted by Gasteiger charge is -2.38. The number of aliphatic hydroxyl groups is 1. The minimum absolute atomic E-state index is 0.0290. The summed E-state index contributed by atoms with van der Waals surface area (Å²) in [5, 5.41) is 19.5. The Morgan fingerprint density at radius 1 is 1.02 bits per heavy atom. The van der Waals surface area contributed by atoms with Crippen molar-refractivity contribution in [3.05, 3.63) is 56.8 Å². The molecule has 2 aromatic carbocycles. The Balaban J connectivity index is 1.61. The number of hydrogen-bond donors (Lipinski definition) is 3. The summed E-state index contributed by atoms with van der Waals surface area (Å²) in [7, 11) is 6.96. The van der Waals surface area contributed by atoms with Gasteiger partial charge in [0.15, 0.2) is 33.9 Å². The Kier molecular flexibility index (Phi) is 10.5. The number of allylic oxidation sites excluding steroid dienone is 1. The molecule has 2 amide bonds. The van der Waals surface area contributed by atoms with E-state index in [4.69, 9.17) is 40.0 Å². The van der Waals surface area contributed by atoms with Gasteiger partial charge in [0.05, 0.1) is 47.8 Å². The Bertz CT molecular complexity index is 1880. The smallest absolute Gasteiger partial charge is 0.245 e. The number of carbonyl (C=O) groups excluding carboxylic acids is 4. The first-order valence-electron chi connectivity index (χ1n) is 15.3. The second kappa shape index (κ2) is 14.5. The summed E-state index contributed by atoms with van der Waals surface area (Å²) in [6.07, 6.45) is -0.689. The first-order chi connectivity index (χ1) is 23.8. The molecule has 1 aliphatic heterocycles. The van der Waals surface area contributed by atoms with Crippen molar-refractivity contribution in [1.29, 1.82) is 0 Å². The van der Waals surface area contributed by atoms with E-state index < -0.39 is 59.5 Å². The van der Waals surface area contributed by atoms with Crippen LogP contribution < -0.4 is 39.1 Å². The van der Waals surface area contributed by atoms with E-state index in [0.29, 0.717) is 10.7 Å². The Morgan fingerprint density at radius 2 is 1.66 bits per heavy atom. The summed E-state index contributed by atoms with van der Waals surface area (Å²) < 4.78 is 33.7. The number of nitrogens with zero attached hydrogens (tertiary/aromatic N) is 1. The van der Waals surface area contributed by atoms with Crippen LogP contribution in [0.1, 0.15) is 47.3 Å². The molecule has 0 bridgehead atoms. The third kappa shape index (κ3) is 6.26. The zero-order valence-electron chi connectivity index (χ0n) is 28.3. The number of methoxy groups -OCH3 is 5. The number of aromatic nitrogens is 1. The maximum absolute atomic E-state index is 14.4. The zero-order chi connectivity index (χ0) is 36.5. The van der Waals surface area contributed by atoms with Gasteiger partial charge in [-0.2, -0.15) is 0 Å². The lowest BCUT2D eigenvalue weighted by molar-refractivity contribution is -0.124. The number of ketones is 2. The van der Waals surface area contributed by atoms with E-state index in [9.17, 15) is 24.3 Å². The maximum atomic E-state index is 14.4. The van der Waals surface area contributed by atoms with Crippen molar-refractivity contribution in [2.75, 3.05) is 47.4 Å². The van der Waals surface area contributed by atoms with Crippen LogP contribution in [-0.4, -0.2) is 81.2 Å². The van der Waals surface area contributed by atoms with Gasteiger partial charge in [-0.05, 0) is 24.6 Å². The molecule has 1 unspecified atom stereocenters. The number of halogens is 1. The number of nitrogens with one attached hydrogen (secondary N) is 2. The molecule has 0 saturated carbocycles. The van der Waals surface area contributed by atoms with Crippen LogP contribution in [0.3, 0.4) is 0 Å². The average molecular weight is 730 g/mol. The Hall–Kier alpha value is -5.02. The van der Waals surface area contributed by atoms with Crippen molar-refractivity contribution >= 4 is 51.5 Å². The molecule has 0 radical (unpaired) electrons. The lowest BCUT2D eigenvalue weighted by atomic mass is 9.69. The van der Waals surface area contributed by atoms with Gasteiger partial charge < -0.3 is 44.2 Å². The van der Waals surface area contributed by atoms with Crippen LogP contribution in [0.5, 0.6) is 34.5 Å². The van der Waals surface area contributed by atoms with Crippen molar-refractivity contribution in [2.45, 2.75) is 38.2 Å². The SMILES string of the molecule is COc1cc(OC)c2c(c1Cl)O[C@]1(C2=O)C(O)=C(C(CC(=O)NCC(=O)Nc2nc(C)cs2)c2cc(OC)c(OC)c(OC)c2)C(=O)C[C@H]1C. The molecule has 0 fully saturated rings. The van der Waals surface area contributed by atoms with Crippen molar-refractivity contribution < 1.29 is 52.7 Å². The van der Waals surface area contributed by atoms with Crippen molar-refractivity contribution in [1.82, 2.24) is 10.3 Å². The van der Waals surface area contributed by atoms with Gasteiger partial charge in [-0.15, -0.1) is 11.3 Å². The normalized spacial score (nSPS) is 18.7. The number of thiazole rings is 1. The van der Waals surface area contributed by atoms with Crippen molar-refractivity contribution in [3.8, 4) is 34.5 Å². The molecule has 3 N–H and O–H groups in total. The molecule has 3 atom stereocenters. The summed E-state index contributed by atoms with van der Waals surface area (Å²) in [5.41, 5.74) is -1.35. The van der Waals surface area contributed by atoms with Gasteiger partial charge in [0.2, 0.25) is 28.9 Å². The number of benzene rings is 2. The van der Waals surface area contributed by atoms with Crippen molar-refractivity contribution in [2.24, 2.45) is 5.92 Å². The highest BCUT2D eigenvalue weighted by Gasteiger charge is 2.61. The van der Waals surface area contributed by atoms with E-state index in [0.717, 1.165) is 5.69 Å². The first-order valence-corrected chi connectivity index (χ1v) is 16.5. The van der Waals surface area contributed by atoms with E-state index in [1.807, 2.05) is 0 Å². The molecular formula is C34H36ClN3O11S. The summed E-state index contributed by atoms with van der Waals surface area (Å²) in [6.45, 7) is 2.97. The standard InChI is InChI=1S/C34H36ClN3O11S/c1-15-8-19(39)26(31(42)34(15)32(43)27-20(44-3)12-21(45-4)28(35)30(27)49-34)18(17-9-22(46-5)29(48-7)23(10-17)47-6)11-24(40)36-13-25(41)38-33-37-16(2)14-50-33/h9-10,12,14-15,18,42H,8,11,13H2,1-7H3,(H,36,40)(H,37,38,41)/t15-,18?,34+/m1/s1. The molecule has 2 heterocycles. The number of carbonyl (C=O) groups is 4. The van der Waals surface area contributed by atoms with Crippen LogP contribution in [0.2, 0.25) is 5.02 Å². The number of Topliss-reactive ketones (excluding diaryl/α,β-unsaturated/α-hetero) is 2. The molecule has 16 heteroatoms. The molecule has 1 aromatic heterocycles. The van der Waals surface area contributed by atoms with Gasteiger partial charge in [-0.1, -0.05) is 18.5 Å². The topological polar surface area (TPSA) is 181 Å². The fourth-order valence-corrected chi connectivity index (χ4v) is 7.21.